The highest BCUT2D eigenvalue weighted by molar-refractivity contribution is 5.83. The average molecular weight is 250 g/mol. The lowest BCUT2D eigenvalue weighted by molar-refractivity contribution is 0.176. The van der Waals surface area contributed by atoms with E-state index >= 15 is 0 Å². The largest absolute Gasteiger partial charge is 0.391 e. The molecule has 0 saturated carbocycles. The molecule has 4 N–H and O–H groups in total. The Balaban J connectivity index is 2.18. The first-order chi connectivity index (χ1) is 8.74. The highest BCUT2D eigenvalue weighted by atomic mass is 16.3. The maximum Gasteiger partial charge on any atom is 0.226 e. The van der Waals surface area contributed by atoms with Gasteiger partial charge in [0.2, 0.25) is 5.95 Å². The van der Waals surface area contributed by atoms with Crippen molar-refractivity contribution in [3.63, 3.8) is 0 Å². The molecule has 18 heavy (non-hydrogen) atoms. The SMILES string of the molecule is CCCC(O)CNc1nc(NC)nc2nc[nH]c12. The maximum absolute atomic E-state index is 9.71. The Kier molecular flexibility index (Phi) is 3.93. The number of aromatic nitrogens is 4. The predicted molar refractivity (Wildman–Crippen MR) is 70.6 cm³/mol. The van der Waals surface area contributed by atoms with E-state index in [9.17, 15) is 5.11 Å². The lowest BCUT2D eigenvalue weighted by Crippen LogP contribution is -2.20. The van der Waals surface area contributed by atoms with Crippen molar-refractivity contribution in [3.8, 4) is 0 Å². The Hall–Kier alpha value is -1.89. The second-order valence-electron chi connectivity index (χ2n) is 4.07. The van der Waals surface area contributed by atoms with Crippen molar-refractivity contribution in [1.29, 1.82) is 0 Å². The first-order valence-corrected chi connectivity index (χ1v) is 6.05. The minimum absolute atomic E-state index is 0.374. The van der Waals surface area contributed by atoms with Crippen LogP contribution in [0.25, 0.3) is 11.2 Å². The zero-order valence-electron chi connectivity index (χ0n) is 10.6. The molecule has 0 aromatic carbocycles. The molecule has 0 amide bonds. The highest BCUT2D eigenvalue weighted by Gasteiger charge is 2.10. The molecule has 0 aliphatic carbocycles. The van der Waals surface area contributed by atoms with Crippen molar-refractivity contribution < 1.29 is 5.11 Å². The molecule has 0 aliphatic heterocycles. The molecule has 98 valence electrons. The molecule has 2 aromatic heterocycles. The van der Waals surface area contributed by atoms with Gasteiger partial charge in [0.05, 0.1) is 12.4 Å². The van der Waals surface area contributed by atoms with Crippen LogP contribution in [0.4, 0.5) is 11.8 Å². The molecular weight excluding hydrogens is 232 g/mol. The number of aliphatic hydroxyl groups is 1. The van der Waals surface area contributed by atoms with Gasteiger partial charge in [0.1, 0.15) is 5.52 Å². The Labute approximate surface area is 105 Å². The third-order valence-electron chi connectivity index (χ3n) is 2.64. The van der Waals surface area contributed by atoms with E-state index in [2.05, 4.69) is 30.6 Å². The van der Waals surface area contributed by atoms with Crippen LogP contribution in [0.1, 0.15) is 19.8 Å². The predicted octanol–water partition coefficient (Wildman–Crippen LogP) is 0.967. The summed E-state index contributed by atoms with van der Waals surface area (Å²) in [6.45, 7) is 2.50. The average Bonchev–Trinajstić information content (AvgIpc) is 2.84. The minimum Gasteiger partial charge on any atom is -0.391 e. The highest BCUT2D eigenvalue weighted by Crippen LogP contribution is 2.18. The summed E-state index contributed by atoms with van der Waals surface area (Å²) >= 11 is 0. The second-order valence-corrected chi connectivity index (χ2v) is 4.07. The monoisotopic (exact) mass is 250 g/mol. The zero-order chi connectivity index (χ0) is 13.0. The van der Waals surface area contributed by atoms with Gasteiger partial charge in [-0.05, 0) is 6.42 Å². The van der Waals surface area contributed by atoms with Gasteiger partial charge in [-0.2, -0.15) is 9.97 Å². The van der Waals surface area contributed by atoms with Crippen molar-refractivity contribution in [2.45, 2.75) is 25.9 Å². The normalized spacial score (nSPS) is 12.6. The van der Waals surface area contributed by atoms with Crippen LogP contribution in [0.5, 0.6) is 0 Å². The van der Waals surface area contributed by atoms with Crippen LogP contribution in [-0.2, 0) is 0 Å². The van der Waals surface area contributed by atoms with Gasteiger partial charge in [-0.25, -0.2) is 4.98 Å². The molecule has 0 spiro atoms. The minimum atomic E-state index is -0.374. The summed E-state index contributed by atoms with van der Waals surface area (Å²) in [5.74, 6) is 1.15. The van der Waals surface area contributed by atoms with E-state index in [-0.39, 0.29) is 6.10 Å². The van der Waals surface area contributed by atoms with Gasteiger partial charge in [-0.3, -0.25) is 0 Å². The summed E-state index contributed by atoms with van der Waals surface area (Å²) in [6.07, 6.45) is 2.92. The number of rotatable bonds is 6. The summed E-state index contributed by atoms with van der Waals surface area (Å²) in [6, 6.07) is 0. The second kappa shape index (κ2) is 5.63. The Bertz CT molecular complexity index is 511. The van der Waals surface area contributed by atoms with Crippen LogP contribution in [0, 0.1) is 0 Å². The summed E-state index contributed by atoms with van der Waals surface area (Å²) in [5, 5.41) is 15.7. The lowest BCUT2D eigenvalue weighted by atomic mass is 10.2. The van der Waals surface area contributed by atoms with E-state index in [4.69, 9.17) is 0 Å². The van der Waals surface area contributed by atoms with E-state index < -0.39 is 0 Å². The number of hydrogen-bond donors (Lipinski definition) is 4. The van der Waals surface area contributed by atoms with Gasteiger partial charge in [-0.1, -0.05) is 13.3 Å². The summed E-state index contributed by atoms with van der Waals surface area (Å²) < 4.78 is 0. The zero-order valence-corrected chi connectivity index (χ0v) is 10.6. The number of imidazole rings is 1. The molecule has 0 radical (unpaired) electrons. The number of anilines is 2. The number of hydrogen-bond acceptors (Lipinski definition) is 6. The van der Waals surface area contributed by atoms with Gasteiger partial charge in [0, 0.05) is 13.6 Å². The molecular formula is C11H18N6O. The molecule has 0 fully saturated rings. The molecule has 2 aromatic rings. The molecule has 1 unspecified atom stereocenters. The molecule has 7 nitrogen and oxygen atoms in total. The van der Waals surface area contributed by atoms with Gasteiger partial charge in [0.25, 0.3) is 0 Å². The van der Waals surface area contributed by atoms with Crippen molar-refractivity contribution in [2.24, 2.45) is 0 Å². The van der Waals surface area contributed by atoms with E-state index in [0.717, 1.165) is 18.4 Å². The molecule has 0 bridgehead atoms. The fraction of sp³-hybridized carbons (Fsp3) is 0.545. The number of nitrogens with one attached hydrogen (secondary N) is 3. The number of fused-ring (bicyclic) bond motifs is 1. The summed E-state index contributed by atoms with van der Waals surface area (Å²) in [5.41, 5.74) is 1.35. The number of aliphatic hydroxyl groups excluding tert-OH is 1. The fourth-order valence-electron chi connectivity index (χ4n) is 1.72. The summed E-state index contributed by atoms with van der Waals surface area (Å²) in [4.78, 5) is 15.6. The molecule has 0 saturated heterocycles. The van der Waals surface area contributed by atoms with Gasteiger partial charge < -0.3 is 20.7 Å². The Morgan fingerprint density at radius 3 is 3.00 bits per heavy atom. The molecule has 7 heteroatoms. The quantitative estimate of drug-likeness (QED) is 0.609. The Morgan fingerprint density at radius 1 is 1.44 bits per heavy atom. The van der Waals surface area contributed by atoms with Gasteiger partial charge >= 0.3 is 0 Å². The van der Waals surface area contributed by atoms with Gasteiger partial charge in [-0.15, -0.1) is 0 Å². The molecule has 2 rings (SSSR count). The summed E-state index contributed by atoms with van der Waals surface area (Å²) in [7, 11) is 1.75. The van der Waals surface area contributed by atoms with Crippen molar-refractivity contribution in [1.82, 2.24) is 19.9 Å². The third kappa shape index (κ3) is 2.67. The Morgan fingerprint density at radius 2 is 2.28 bits per heavy atom. The van der Waals surface area contributed by atoms with E-state index in [1.165, 1.54) is 0 Å². The van der Waals surface area contributed by atoms with Crippen molar-refractivity contribution >= 4 is 22.9 Å². The molecule has 2 heterocycles. The van der Waals surface area contributed by atoms with E-state index in [1.54, 1.807) is 13.4 Å². The standard InChI is InChI=1S/C11H18N6O/c1-3-4-7(18)5-13-9-8-10(15-6-14-8)17-11(12-2)16-9/h6-7,18H,3-5H2,1-2H3,(H3,12,13,14,15,16,17). The fourth-order valence-corrected chi connectivity index (χ4v) is 1.72. The van der Waals surface area contributed by atoms with E-state index in [0.29, 0.717) is 24.0 Å². The van der Waals surface area contributed by atoms with Crippen LogP contribution in [0.3, 0.4) is 0 Å². The maximum atomic E-state index is 9.71. The first-order valence-electron chi connectivity index (χ1n) is 6.05. The first kappa shape index (κ1) is 12.6. The van der Waals surface area contributed by atoms with Crippen LogP contribution < -0.4 is 10.6 Å². The van der Waals surface area contributed by atoms with Crippen LogP contribution >= 0.6 is 0 Å². The van der Waals surface area contributed by atoms with Crippen molar-refractivity contribution in [2.75, 3.05) is 24.2 Å². The topological polar surface area (TPSA) is 98.8 Å². The van der Waals surface area contributed by atoms with Crippen LogP contribution in [0.2, 0.25) is 0 Å². The van der Waals surface area contributed by atoms with Gasteiger partial charge in [0.15, 0.2) is 11.5 Å². The molecule has 0 aliphatic rings. The number of nitrogens with zero attached hydrogens (tertiary/aromatic N) is 3. The number of H-pyrrole nitrogens is 1. The smallest absolute Gasteiger partial charge is 0.226 e. The van der Waals surface area contributed by atoms with Crippen LogP contribution in [-0.4, -0.2) is 44.7 Å². The lowest BCUT2D eigenvalue weighted by Gasteiger charge is -2.12. The third-order valence-corrected chi connectivity index (χ3v) is 2.64. The molecule has 1 atom stereocenters. The van der Waals surface area contributed by atoms with Crippen molar-refractivity contribution in [3.05, 3.63) is 6.33 Å². The number of aromatic amines is 1. The van der Waals surface area contributed by atoms with E-state index in [1.807, 2.05) is 6.92 Å². The van der Waals surface area contributed by atoms with Crippen LogP contribution in [0.15, 0.2) is 6.33 Å².